The number of likely N-dealkylation sites (tertiary alicyclic amines) is 1. The molecule has 2 aromatic rings. The van der Waals surface area contributed by atoms with Crippen LogP contribution < -0.4 is 0 Å². The highest BCUT2D eigenvalue weighted by Gasteiger charge is 2.38. The summed E-state index contributed by atoms with van der Waals surface area (Å²) in [5.74, 6) is -2.29. The van der Waals surface area contributed by atoms with Gasteiger partial charge in [0, 0.05) is 37.9 Å². The van der Waals surface area contributed by atoms with E-state index in [1.165, 1.54) is 7.11 Å². The molecule has 1 aliphatic carbocycles. The van der Waals surface area contributed by atoms with Crippen LogP contribution >= 0.6 is 0 Å². The Hall–Kier alpha value is -2.51. The molecule has 1 aromatic carbocycles. The molecule has 1 saturated heterocycles. The zero-order valence-corrected chi connectivity index (χ0v) is 19.2. The van der Waals surface area contributed by atoms with Gasteiger partial charge in [0.15, 0.2) is 0 Å². The number of hydrogen-bond acceptors (Lipinski definition) is 4. The fraction of sp³-hybridized carbons (Fsp3) is 0.625. The predicted molar refractivity (Wildman–Crippen MR) is 117 cm³/mol. The Kier molecular flexibility index (Phi) is 5.75. The lowest BCUT2D eigenvalue weighted by atomic mass is 9.86. The number of carbonyl (C=O) groups is 2. The third-order valence-corrected chi connectivity index (χ3v) is 6.66. The number of hydrogen-bond donors (Lipinski definition) is 0. The Bertz CT molecular complexity index is 1030. The van der Waals surface area contributed by atoms with E-state index in [0.717, 1.165) is 11.3 Å². The second-order valence-corrected chi connectivity index (χ2v) is 10.2. The SMILES string of the molecule is COC(=O)C1CN(C(=O)c2cccc3c2nc(C(C)(C)C)n3CC2CCC(F)(F)CC2)C1. The van der Waals surface area contributed by atoms with Crippen molar-refractivity contribution < 1.29 is 23.1 Å². The number of ether oxygens (including phenoxy) is 1. The molecule has 2 aliphatic rings. The summed E-state index contributed by atoms with van der Waals surface area (Å²) in [7, 11) is 1.35. The summed E-state index contributed by atoms with van der Waals surface area (Å²) in [4.78, 5) is 31.4. The number of rotatable bonds is 4. The molecule has 0 radical (unpaired) electrons. The van der Waals surface area contributed by atoms with Gasteiger partial charge in [0.05, 0.1) is 24.1 Å². The molecule has 0 unspecified atom stereocenters. The van der Waals surface area contributed by atoms with Crippen molar-refractivity contribution in [1.29, 1.82) is 0 Å². The van der Waals surface area contributed by atoms with Crippen LogP contribution in [0.1, 0.15) is 62.6 Å². The first-order valence-corrected chi connectivity index (χ1v) is 11.2. The second-order valence-electron chi connectivity index (χ2n) is 10.2. The lowest BCUT2D eigenvalue weighted by Gasteiger charge is -2.37. The number of fused-ring (bicyclic) bond motifs is 1. The maximum Gasteiger partial charge on any atom is 0.312 e. The largest absolute Gasteiger partial charge is 0.469 e. The summed E-state index contributed by atoms with van der Waals surface area (Å²) in [5.41, 5.74) is 1.71. The summed E-state index contributed by atoms with van der Waals surface area (Å²) >= 11 is 0. The highest BCUT2D eigenvalue weighted by Crippen LogP contribution is 2.38. The number of methoxy groups -OCH3 is 1. The van der Waals surface area contributed by atoms with E-state index in [4.69, 9.17) is 9.72 Å². The summed E-state index contributed by atoms with van der Waals surface area (Å²) in [6.45, 7) is 7.49. The topological polar surface area (TPSA) is 64.4 Å². The van der Waals surface area contributed by atoms with Crippen molar-refractivity contribution in [3.05, 3.63) is 29.6 Å². The molecule has 1 amide bonds. The van der Waals surface area contributed by atoms with Gasteiger partial charge >= 0.3 is 5.97 Å². The molecule has 2 fully saturated rings. The molecule has 0 bridgehead atoms. The molecule has 0 atom stereocenters. The van der Waals surface area contributed by atoms with Gasteiger partial charge in [0.1, 0.15) is 11.3 Å². The van der Waals surface area contributed by atoms with Crippen LogP contribution in [0.3, 0.4) is 0 Å². The fourth-order valence-electron chi connectivity index (χ4n) is 4.75. The minimum absolute atomic E-state index is 0.0742. The number of esters is 1. The van der Waals surface area contributed by atoms with Crippen LogP contribution in [-0.4, -0.2) is 52.4 Å². The van der Waals surface area contributed by atoms with Crippen molar-refractivity contribution in [1.82, 2.24) is 14.5 Å². The van der Waals surface area contributed by atoms with Crippen molar-refractivity contribution in [2.75, 3.05) is 20.2 Å². The normalized spacial score (nSPS) is 19.8. The van der Waals surface area contributed by atoms with Crippen LogP contribution in [0.15, 0.2) is 18.2 Å². The van der Waals surface area contributed by atoms with E-state index in [2.05, 4.69) is 25.3 Å². The highest BCUT2D eigenvalue weighted by molar-refractivity contribution is 6.05. The standard InChI is InChI=1S/C24H31F2N3O3/c1-23(2,3)22-27-19-17(20(30)28-13-16(14-28)21(31)32-4)6-5-7-18(19)29(22)12-15-8-10-24(25,26)11-9-15/h5-7,15-16H,8-14H2,1-4H3. The number of alkyl halides is 2. The van der Waals surface area contributed by atoms with Gasteiger partial charge in [-0.25, -0.2) is 13.8 Å². The van der Waals surface area contributed by atoms with Gasteiger partial charge in [0.25, 0.3) is 5.91 Å². The van der Waals surface area contributed by atoms with Crippen molar-refractivity contribution >= 4 is 22.9 Å². The monoisotopic (exact) mass is 447 g/mol. The zero-order valence-electron chi connectivity index (χ0n) is 19.2. The molecule has 1 saturated carbocycles. The number of carbonyl (C=O) groups excluding carboxylic acids is 2. The second kappa shape index (κ2) is 8.12. The van der Waals surface area contributed by atoms with Crippen molar-refractivity contribution in [3.8, 4) is 0 Å². The first-order chi connectivity index (χ1) is 15.0. The molecule has 0 spiro atoms. The maximum atomic E-state index is 13.6. The Morgan fingerprint density at radius 2 is 1.84 bits per heavy atom. The third kappa shape index (κ3) is 4.24. The zero-order chi connectivity index (χ0) is 23.3. The van der Waals surface area contributed by atoms with Crippen LogP contribution in [0, 0.1) is 11.8 Å². The summed E-state index contributed by atoms with van der Waals surface area (Å²) in [5, 5.41) is 0. The van der Waals surface area contributed by atoms with Gasteiger partial charge in [-0.05, 0) is 30.9 Å². The maximum absolute atomic E-state index is 13.6. The van der Waals surface area contributed by atoms with E-state index in [0.29, 0.717) is 43.6 Å². The van der Waals surface area contributed by atoms with Crippen LogP contribution in [0.4, 0.5) is 8.78 Å². The number of para-hydroxylation sites is 1. The van der Waals surface area contributed by atoms with E-state index >= 15 is 0 Å². The Morgan fingerprint density at radius 1 is 1.19 bits per heavy atom. The Morgan fingerprint density at radius 3 is 2.44 bits per heavy atom. The van der Waals surface area contributed by atoms with Crippen LogP contribution in [0.25, 0.3) is 11.0 Å². The number of amides is 1. The van der Waals surface area contributed by atoms with Crippen LogP contribution in [0.2, 0.25) is 0 Å². The van der Waals surface area contributed by atoms with E-state index < -0.39 is 5.92 Å². The molecule has 0 N–H and O–H groups in total. The molecule has 32 heavy (non-hydrogen) atoms. The van der Waals surface area contributed by atoms with Gasteiger partial charge in [-0.3, -0.25) is 9.59 Å². The van der Waals surface area contributed by atoms with Crippen molar-refractivity contribution in [2.24, 2.45) is 11.8 Å². The predicted octanol–water partition coefficient (Wildman–Crippen LogP) is 4.40. The first kappa shape index (κ1) is 22.7. The number of halogens is 2. The van der Waals surface area contributed by atoms with Gasteiger partial charge in [-0.2, -0.15) is 0 Å². The average Bonchev–Trinajstić information content (AvgIpc) is 3.07. The van der Waals surface area contributed by atoms with Gasteiger partial charge in [-0.1, -0.05) is 26.8 Å². The van der Waals surface area contributed by atoms with Crippen molar-refractivity contribution in [3.63, 3.8) is 0 Å². The lowest BCUT2D eigenvalue weighted by Crippen LogP contribution is -2.53. The average molecular weight is 448 g/mol. The molecule has 8 heteroatoms. The summed E-state index contributed by atoms with van der Waals surface area (Å²) < 4.78 is 34.2. The quantitative estimate of drug-likeness (QED) is 0.652. The van der Waals surface area contributed by atoms with Gasteiger partial charge in [0.2, 0.25) is 5.92 Å². The number of nitrogens with zero attached hydrogens (tertiary/aromatic N) is 3. The minimum Gasteiger partial charge on any atom is -0.469 e. The molecule has 4 rings (SSSR count). The molecule has 2 heterocycles. The highest BCUT2D eigenvalue weighted by atomic mass is 19.3. The van der Waals surface area contributed by atoms with Gasteiger partial charge < -0.3 is 14.2 Å². The molecular formula is C24H31F2N3O3. The fourth-order valence-corrected chi connectivity index (χ4v) is 4.75. The molecule has 1 aromatic heterocycles. The number of imidazole rings is 1. The van der Waals surface area contributed by atoms with E-state index in [-0.39, 0.29) is 42.0 Å². The first-order valence-electron chi connectivity index (χ1n) is 11.2. The van der Waals surface area contributed by atoms with E-state index in [1.54, 1.807) is 11.0 Å². The Labute approximate surface area is 186 Å². The number of aromatic nitrogens is 2. The van der Waals surface area contributed by atoms with Gasteiger partial charge in [-0.15, -0.1) is 0 Å². The van der Waals surface area contributed by atoms with Crippen LogP contribution in [0.5, 0.6) is 0 Å². The van der Waals surface area contributed by atoms with Crippen molar-refractivity contribution in [2.45, 2.75) is 64.3 Å². The molecule has 6 nitrogen and oxygen atoms in total. The molecule has 174 valence electrons. The Balaban J connectivity index is 1.64. The molecule has 1 aliphatic heterocycles. The minimum atomic E-state index is -2.56. The van der Waals surface area contributed by atoms with E-state index in [1.807, 2.05) is 12.1 Å². The lowest BCUT2D eigenvalue weighted by molar-refractivity contribution is -0.149. The third-order valence-electron chi connectivity index (χ3n) is 6.66. The van der Waals surface area contributed by atoms with E-state index in [9.17, 15) is 18.4 Å². The summed E-state index contributed by atoms with van der Waals surface area (Å²) in [6.07, 6.45) is 0.819. The summed E-state index contributed by atoms with van der Waals surface area (Å²) in [6, 6.07) is 5.55. The smallest absolute Gasteiger partial charge is 0.312 e. The number of benzene rings is 1. The van der Waals surface area contributed by atoms with Crippen LogP contribution in [-0.2, 0) is 21.5 Å². The molecular weight excluding hydrogens is 416 g/mol.